The number of aromatic nitrogens is 3. The molecule has 0 N–H and O–H groups in total. The van der Waals surface area contributed by atoms with Gasteiger partial charge in [0.25, 0.3) is 0 Å². The van der Waals surface area contributed by atoms with Gasteiger partial charge in [-0.05, 0) is 86.9 Å². The third-order valence-corrected chi connectivity index (χ3v) is 9.10. The molecule has 3 aromatic rings. The standard InChI is InChI=1S/C34H41ClN6O3/c1-5-27-20-38(22-37-27)18-23-12-14-40(19-23)32(42)29-21-39(15-16-41(29)33(43)44-34(2,3)4)31-28-11-10-26(35)17-25(28)9-8-24-7-6-13-36-30(24)31/h5-7,10-11,13,17,20,22-23,29,31H,1,8-9,12,14-16,18-19,21H2,2-4H3/t23-,29-,31?/m1/s1. The molecule has 0 saturated carbocycles. The second kappa shape index (κ2) is 12.4. The molecule has 2 amide bonds. The van der Waals surface area contributed by atoms with E-state index in [1.807, 2.05) is 56.5 Å². The van der Waals surface area contributed by atoms with Crippen molar-refractivity contribution in [3.05, 3.63) is 88.7 Å². The van der Waals surface area contributed by atoms with Crippen LogP contribution in [0, 0.1) is 5.92 Å². The van der Waals surface area contributed by atoms with Crippen molar-refractivity contribution in [2.24, 2.45) is 5.92 Å². The highest BCUT2D eigenvalue weighted by atomic mass is 35.5. The average Bonchev–Trinajstić information content (AvgIpc) is 3.62. The molecule has 232 valence electrons. The Bertz CT molecular complexity index is 1550. The number of nitrogens with zero attached hydrogens (tertiary/aromatic N) is 6. The van der Waals surface area contributed by atoms with Gasteiger partial charge in [0, 0.05) is 56.7 Å². The van der Waals surface area contributed by atoms with E-state index in [4.69, 9.17) is 21.3 Å². The SMILES string of the molecule is C=Cc1cn(C[C@H]2CCN(C(=O)[C@H]3CN(C4c5ccc(Cl)cc5CCc5cccnc54)CCN3C(=O)OC(C)(C)C)C2)cn1. The highest BCUT2D eigenvalue weighted by Gasteiger charge is 2.44. The smallest absolute Gasteiger partial charge is 0.411 e. The molecule has 2 aromatic heterocycles. The molecule has 2 aliphatic heterocycles. The van der Waals surface area contributed by atoms with E-state index in [2.05, 4.69) is 39.2 Å². The molecule has 0 spiro atoms. The topological polar surface area (TPSA) is 83.8 Å². The number of aryl methyl sites for hydroxylation is 2. The van der Waals surface area contributed by atoms with Crippen molar-refractivity contribution in [1.29, 1.82) is 0 Å². The van der Waals surface area contributed by atoms with Crippen LogP contribution in [0.1, 0.15) is 61.3 Å². The number of carbonyl (C=O) groups is 2. The summed E-state index contributed by atoms with van der Waals surface area (Å²) in [5.41, 5.74) is 4.72. The summed E-state index contributed by atoms with van der Waals surface area (Å²) >= 11 is 6.44. The van der Waals surface area contributed by atoms with Crippen LogP contribution < -0.4 is 0 Å². The molecule has 3 atom stereocenters. The molecular weight excluding hydrogens is 576 g/mol. The second-order valence-corrected chi connectivity index (χ2v) is 13.6. The van der Waals surface area contributed by atoms with E-state index in [0.29, 0.717) is 43.7 Å². The summed E-state index contributed by atoms with van der Waals surface area (Å²) in [6.45, 7) is 12.8. The lowest BCUT2D eigenvalue weighted by atomic mass is 9.95. The van der Waals surface area contributed by atoms with Crippen molar-refractivity contribution in [3.8, 4) is 0 Å². The number of piperazine rings is 1. The lowest BCUT2D eigenvalue weighted by Crippen LogP contribution is -2.62. The summed E-state index contributed by atoms with van der Waals surface area (Å²) in [4.78, 5) is 43.0. The molecule has 1 unspecified atom stereocenters. The van der Waals surface area contributed by atoms with Crippen LogP contribution in [-0.4, -0.2) is 85.6 Å². The fourth-order valence-electron chi connectivity index (χ4n) is 6.81. The van der Waals surface area contributed by atoms with Gasteiger partial charge in [0.1, 0.15) is 11.6 Å². The molecule has 1 aromatic carbocycles. The molecule has 4 heterocycles. The van der Waals surface area contributed by atoms with Gasteiger partial charge in [0.15, 0.2) is 0 Å². The van der Waals surface area contributed by atoms with Gasteiger partial charge < -0.3 is 14.2 Å². The molecule has 0 radical (unpaired) electrons. The summed E-state index contributed by atoms with van der Waals surface area (Å²) in [6, 6.07) is 9.39. The van der Waals surface area contributed by atoms with Gasteiger partial charge in [-0.1, -0.05) is 30.3 Å². The molecule has 1 aliphatic carbocycles. The maximum Gasteiger partial charge on any atom is 0.411 e. The normalized spacial score (nSPS) is 22.2. The molecule has 9 nitrogen and oxygen atoms in total. The molecule has 3 aliphatic rings. The Morgan fingerprint density at radius 3 is 2.68 bits per heavy atom. The Morgan fingerprint density at radius 1 is 1.09 bits per heavy atom. The Hall–Kier alpha value is -3.69. The van der Waals surface area contributed by atoms with Crippen molar-refractivity contribution in [3.63, 3.8) is 0 Å². The number of pyridine rings is 1. The minimum Gasteiger partial charge on any atom is -0.444 e. The van der Waals surface area contributed by atoms with Crippen LogP contribution in [0.2, 0.25) is 5.02 Å². The van der Waals surface area contributed by atoms with Gasteiger partial charge in [0.2, 0.25) is 5.91 Å². The van der Waals surface area contributed by atoms with Crippen LogP contribution in [0.15, 0.2) is 55.6 Å². The fourth-order valence-corrected chi connectivity index (χ4v) is 7.01. The summed E-state index contributed by atoms with van der Waals surface area (Å²) in [7, 11) is 0. The Labute approximate surface area is 264 Å². The van der Waals surface area contributed by atoms with E-state index in [-0.39, 0.29) is 11.9 Å². The van der Waals surface area contributed by atoms with Crippen molar-refractivity contribution in [2.75, 3.05) is 32.7 Å². The molecular formula is C34H41ClN6O3. The Morgan fingerprint density at radius 2 is 1.91 bits per heavy atom. The number of imidazole rings is 1. The Kier molecular flexibility index (Phi) is 8.53. The predicted octanol–water partition coefficient (Wildman–Crippen LogP) is 5.23. The average molecular weight is 617 g/mol. The number of hydrogen-bond acceptors (Lipinski definition) is 6. The van der Waals surface area contributed by atoms with Gasteiger partial charge in [-0.25, -0.2) is 9.78 Å². The monoisotopic (exact) mass is 616 g/mol. The lowest BCUT2D eigenvalue weighted by Gasteiger charge is -2.44. The van der Waals surface area contributed by atoms with Crippen LogP contribution >= 0.6 is 11.6 Å². The number of ether oxygens (including phenoxy) is 1. The minimum atomic E-state index is -0.677. The molecule has 2 fully saturated rings. The third-order valence-electron chi connectivity index (χ3n) is 8.87. The number of fused-ring (bicyclic) bond motifs is 2. The first-order chi connectivity index (χ1) is 21.1. The molecule has 44 heavy (non-hydrogen) atoms. The van der Waals surface area contributed by atoms with Crippen molar-refractivity contribution in [1.82, 2.24) is 29.2 Å². The van der Waals surface area contributed by atoms with Crippen LogP contribution in [0.3, 0.4) is 0 Å². The number of benzene rings is 1. The Balaban J connectivity index is 1.28. The van der Waals surface area contributed by atoms with Crippen molar-refractivity contribution >= 4 is 29.7 Å². The van der Waals surface area contributed by atoms with E-state index in [0.717, 1.165) is 42.8 Å². The highest BCUT2D eigenvalue weighted by Crippen LogP contribution is 2.38. The maximum absolute atomic E-state index is 14.3. The van der Waals surface area contributed by atoms with Gasteiger partial charge in [-0.3, -0.25) is 19.6 Å². The first kappa shape index (κ1) is 30.3. The number of hydrogen-bond donors (Lipinski definition) is 0. The van der Waals surface area contributed by atoms with Gasteiger partial charge >= 0.3 is 6.09 Å². The number of rotatable bonds is 5. The predicted molar refractivity (Wildman–Crippen MR) is 170 cm³/mol. The molecule has 2 saturated heterocycles. The lowest BCUT2D eigenvalue weighted by molar-refractivity contribution is -0.138. The van der Waals surface area contributed by atoms with E-state index in [9.17, 15) is 9.59 Å². The third kappa shape index (κ3) is 6.40. The van der Waals surface area contributed by atoms with E-state index in [1.54, 1.807) is 11.0 Å². The van der Waals surface area contributed by atoms with Gasteiger partial charge in [-0.15, -0.1) is 0 Å². The highest BCUT2D eigenvalue weighted by molar-refractivity contribution is 6.30. The second-order valence-electron chi connectivity index (χ2n) is 13.1. The van der Waals surface area contributed by atoms with Crippen molar-refractivity contribution < 1.29 is 14.3 Å². The van der Waals surface area contributed by atoms with Crippen LogP contribution in [-0.2, 0) is 28.9 Å². The number of halogens is 1. The zero-order valence-corrected chi connectivity index (χ0v) is 26.5. The van der Waals surface area contributed by atoms with Crippen molar-refractivity contribution in [2.45, 2.75) is 64.3 Å². The minimum absolute atomic E-state index is 0.0355. The van der Waals surface area contributed by atoms with Gasteiger partial charge in [0.05, 0.1) is 23.8 Å². The summed E-state index contributed by atoms with van der Waals surface area (Å²) in [5, 5.41) is 0.712. The van der Waals surface area contributed by atoms with Crippen LogP contribution in [0.5, 0.6) is 0 Å². The van der Waals surface area contributed by atoms with E-state index >= 15 is 0 Å². The quantitative estimate of drug-likeness (QED) is 0.390. The summed E-state index contributed by atoms with van der Waals surface area (Å²) in [6.07, 6.45) is 9.54. The molecule has 0 bridgehead atoms. The zero-order valence-electron chi connectivity index (χ0n) is 25.8. The molecule has 6 rings (SSSR count). The van der Waals surface area contributed by atoms with Crippen LogP contribution in [0.4, 0.5) is 4.79 Å². The number of likely N-dealkylation sites (tertiary alicyclic amines) is 1. The first-order valence-corrected chi connectivity index (χ1v) is 15.9. The number of carbonyl (C=O) groups excluding carboxylic acids is 2. The fraction of sp³-hybridized carbons (Fsp3) is 0.471. The maximum atomic E-state index is 14.3. The summed E-state index contributed by atoms with van der Waals surface area (Å²) in [5.74, 6) is 0.265. The first-order valence-electron chi connectivity index (χ1n) is 15.5. The molecule has 10 heteroatoms. The van der Waals surface area contributed by atoms with Crippen LogP contribution in [0.25, 0.3) is 6.08 Å². The number of amides is 2. The van der Waals surface area contributed by atoms with E-state index < -0.39 is 17.7 Å². The van der Waals surface area contributed by atoms with Gasteiger partial charge in [-0.2, -0.15) is 0 Å². The zero-order chi connectivity index (χ0) is 31.0. The van der Waals surface area contributed by atoms with E-state index in [1.165, 1.54) is 11.1 Å². The summed E-state index contributed by atoms with van der Waals surface area (Å²) < 4.78 is 7.87. The largest absolute Gasteiger partial charge is 0.444 e.